The van der Waals surface area contributed by atoms with E-state index in [0.29, 0.717) is 18.6 Å². The molecule has 0 spiro atoms. The van der Waals surface area contributed by atoms with Gasteiger partial charge >= 0.3 is 6.09 Å². The van der Waals surface area contributed by atoms with Crippen LogP contribution < -0.4 is 5.32 Å². The molecule has 1 aromatic heterocycles. The van der Waals surface area contributed by atoms with E-state index < -0.39 is 5.60 Å². The normalized spacial score (nSPS) is 20.0. The van der Waals surface area contributed by atoms with Gasteiger partial charge in [0.25, 0.3) is 0 Å². The molecule has 0 aromatic carbocycles. The minimum Gasteiger partial charge on any atom is -0.444 e. The van der Waals surface area contributed by atoms with Gasteiger partial charge in [-0.25, -0.2) is 4.79 Å². The Labute approximate surface area is 133 Å². The third-order valence-corrected chi connectivity index (χ3v) is 3.79. The number of aromatic nitrogens is 1. The molecule has 2 unspecified atom stereocenters. The third kappa shape index (κ3) is 4.70. The summed E-state index contributed by atoms with van der Waals surface area (Å²) in [5, 5.41) is 3.65. The van der Waals surface area contributed by atoms with Crippen molar-refractivity contribution in [2.24, 2.45) is 0 Å². The summed E-state index contributed by atoms with van der Waals surface area (Å²) >= 11 is 0. The molecule has 1 aliphatic heterocycles. The third-order valence-electron chi connectivity index (χ3n) is 3.79. The van der Waals surface area contributed by atoms with Crippen LogP contribution in [0.25, 0.3) is 0 Å². The first kappa shape index (κ1) is 16.7. The Morgan fingerprint density at radius 3 is 2.73 bits per heavy atom. The summed E-state index contributed by atoms with van der Waals surface area (Å²) in [6, 6.07) is 4.70. The Balaban J connectivity index is 1.89. The Morgan fingerprint density at radius 2 is 2.14 bits per heavy atom. The molecule has 0 aliphatic carbocycles. The van der Waals surface area contributed by atoms with Gasteiger partial charge in [-0.3, -0.25) is 4.98 Å². The topological polar surface area (TPSA) is 54.5 Å². The Kier molecular flexibility index (Phi) is 5.40. The van der Waals surface area contributed by atoms with E-state index in [1.165, 1.54) is 5.56 Å². The van der Waals surface area contributed by atoms with Gasteiger partial charge in [-0.15, -0.1) is 0 Å². The van der Waals surface area contributed by atoms with Crippen LogP contribution >= 0.6 is 0 Å². The molecular weight excluding hydrogens is 278 g/mol. The molecule has 5 nitrogen and oxygen atoms in total. The molecular formula is C17H27N3O2. The zero-order valence-electron chi connectivity index (χ0n) is 14.0. The van der Waals surface area contributed by atoms with Crippen LogP contribution in [0.2, 0.25) is 0 Å². The van der Waals surface area contributed by atoms with E-state index >= 15 is 0 Å². The number of hydrogen-bond acceptors (Lipinski definition) is 4. The number of carbonyl (C=O) groups is 1. The van der Waals surface area contributed by atoms with Gasteiger partial charge in [0.05, 0.1) is 0 Å². The lowest BCUT2D eigenvalue weighted by Gasteiger charge is -2.25. The summed E-state index contributed by atoms with van der Waals surface area (Å²) in [6.07, 6.45) is 5.39. The summed E-state index contributed by atoms with van der Waals surface area (Å²) in [4.78, 5) is 18.0. The molecule has 1 N–H and O–H groups in total. The molecule has 22 heavy (non-hydrogen) atoms. The first-order chi connectivity index (χ1) is 10.4. The summed E-state index contributed by atoms with van der Waals surface area (Å²) in [6.45, 7) is 9.31. The average Bonchev–Trinajstić information content (AvgIpc) is 2.92. The van der Waals surface area contributed by atoms with Crippen LogP contribution in [0, 0.1) is 0 Å². The number of ether oxygens (including phenoxy) is 1. The molecule has 0 radical (unpaired) electrons. The van der Waals surface area contributed by atoms with E-state index in [1.807, 2.05) is 45.3 Å². The molecule has 1 aromatic rings. The Hall–Kier alpha value is -1.62. The number of carbonyl (C=O) groups excluding carboxylic acids is 1. The summed E-state index contributed by atoms with van der Waals surface area (Å²) in [5.74, 6) is 0. The molecule has 1 saturated heterocycles. The van der Waals surface area contributed by atoms with Crippen molar-refractivity contribution in [2.45, 2.75) is 58.2 Å². The van der Waals surface area contributed by atoms with Crippen LogP contribution in [0.4, 0.5) is 4.79 Å². The zero-order chi connectivity index (χ0) is 16.2. The van der Waals surface area contributed by atoms with Crippen molar-refractivity contribution in [1.29, 1.82) is 0 Å². The Bertz CT molecular complexity index is 484. The first-order valence-electron chi connectivity index (χ1n) is 8.03. The fourth-order valence-corrected chi connectivity index (χ4v) is 2.72. The second-order valence-electron chi connectivity index (χ2n) is 6.82. The molecule has 2 rings (SSSR count). The number of amides is 1. The lowest BCUT2D eigenvalue weighted by Crippen LogP contribution is -2.39. The number of likely N-dealkylation sites (tertiary alicyclic amines) is 1. The second kappa shape index (κ2) is 7.09. The van der Waals surface area contributed by atoms with E-state index in [4.69, 9.17) is 4.74 Å². The first-order valence-corrected chi connectivity index (χ1v) is 8.03. The minimum atomic E-state index is -0.439. The smallest absolute Gasteiger partial charge is 0.410 e. The van der Waals surface area contributed by atoms with Crippen molar-refractivity contribution < 1.29 is 9.53 Å². The van der Waals surface area contributed by atoms with Crippen molar-refractivity contribution in [3.05, 3.63) is 30.1 Å². The molecule has 2 heterocycles. The maximum Gasteiger partial charge on any atom is 0.410 e. The van der Waals surface area contributed by atoms with E-state index in [2.05, 4.69) is 17.2 Å². The highest BCUT2D eigenvalue weighted by atomic mass is 16.6. The number of rotatable bonds is 4. The number of hydrogen-bond donors (Lipinski definition) is 1. The second-order valence-corrected chi connectivity index (χ2v) is 6.82. The maximum absolute atomic E-state index is 12.1. The lowest BCUT2D eigenvalue weighted by molar-refractivity contribution is 0.0290. The fourth-order valence-electron chi connectivity index (χ4n) is 2.72. The van der Waals surface area contributed by atoms with Gasteiger partial charge in [-0.1, -0.05) is 6.92 Å². The summed E-state index contributed by atoms with van der Waals surface area (Å²) < 4.78 is 5.44. The molecule has 1 fully saturated rings. The molecule has 0 bridgehead atoms. The number of nitrogens with zero attached hydrogens (tertiary/aromatic N) is 2. The maximum atomic E-state index is 12.1. The van der Waals surface area contributed by atoms with Gasteiger partial charge in [-0.2, -0.15) is 0 Å². The fraction of sp³-hybridized carbons (Fsp3) is 0.647. The predicted octanol–water partition coefficient (Wildman–Crippen LogP) is 3.13. The minimum absolute atomic E-state index is 0.214. The molecule has 2 atom stereocenters. The van der Waals surface area contributed by atoms with Gasteiger partial charge in [0.15, 0.2) is 0 Å². The number of pyridine rings is 1. The Morgan fingerprint density at radius 1 is 1.45 bits per heavy atom. The van der Waals surface area contributed by atoms with Gasteiger partial charge in [-0.05, 0) is 51.3 Å². The predicted molar refractivity (Wildman–Crippen MR) is 86.6 cm³/mol. The van der Waals surface area contributed by atoms with Gasteiger partial charge in [0.1, 0.15) is 5.60 Å². The van der Waals surface area contributed by atoms with E-state index in [1.54, 1.807) is 4.90 Å². The highest BCUT2D eigenvalue weighted by Crippen LogP contribution is 2.20. The van der Waals surface area contributed by atoms with Crippen LogP contribution in [0.3, 0.4) is 0 Å². The summed E-state index contributed by atoms with van der Waals surface area (Å²) in [7, 11) is 0. The highest BCUT2D eigenvalue weighted by molar-refractivity contribution is 5.68. The van der Waals surface area contributed by atoms with Crippen LogP contribution in [0.15, 0.2) is 24.5 Å². The molecule has 0 saturated carbocycles. The quantitative estimate of drug-likeness (QED) is 0.928. The summed E-state index contributed by atoms with van der Waals surface area (Å²) in [5.41, 5.74) is 0.805. The molecule has 5 heteroatoms. The van der Waals surface area contributed by atoms with Crippen molar-refractivity contribution in [1.82, 2.24) is 15.2 Å². The van der Waals surface area contributed by atoms with Crippen LogP contribution in [-0.2, 0) is 4.74 Å². The van der Waals surface area contributed by atoms with Crippen molar-refractivity contribution >= 4 is 6.09 Å². The standard InChI is InChI=1S/C17H27N3O2/c1-5-15(13-6-9-18-10-7-13)19-14-8-11-20(12-14)16(21)22-17(2,3)4/h6-7,9-10,14-15,19H,5,8,11-12H2,1-4H3. The highest BCUT2D eigenvalue weighted by Gasteiger charge is 2.30. The van der Waals surface area contributed by atoms with Gasteiger partial charge in [0, 0.05) is 37.6 Å². The van der Waals surface area contributed by atoms with Crippen LogP contribution in [0.1, 0.15) is 52.1 Å². The molecule has 1 aliphatic rings. The van der Waals surface area contributed by atoms with Gasteiger partial charge < -0.3 is 15.0 Å². The zero-order valence-corrected chi connectivity index (χ0v) is 14.0. The van der Waals surface area contributed by atoms with Gasteiger partial charge in [0.2, 0.25) is 0 Å². The monoisotopic (exact) mass is 305 g/mol. The van der Waals surface area contributed by atoms with Crippen molar-refractivity contribution in [2.75, 3.05) is 13.1 Å². The lowest BCUT2D eigenvalue weighted by atomic mass is 10.0. The number of nitrogens with one attached hydrogen (secondary N) is 1. The SMILES string of the molecule is CCC(NC1CCN(C(=O)OC(C)(C)C)C1)c1ccncc1. The van der Waals surface area contributed by atoms with Crippen molar-refractivity contribution in [3.63, 3.8) is 0 Å². The average molecular weight is 305 g/mol. The molecule has 1 amide bonds. The van der Waals surface area contributed by atoms with Crippen molar-refractivity contribution in [3.8, 4) is 0 Å². The van der Waals surface area contributed by atoms with E-state index in [0.717, 1.165) is 19.4 Å². The molecule has 122 valence electrons. The van der Waals surface area contributed by atoms with Crippen LogP contribution in [0.5, 0.6) is 0 Å². The van der Waals surface area contributed by atoms with E-state index in [-0.39, 0.29) is 6.09 Å². The van der Waals surface area contributed by atoms with Crippen LogP contribution in [-0.4, -0.2) is 40.7 Å². The largest absolute Gasteiger partial charge is 0.444 e. The van der Waals surface area contributed by atoms with E-state index in [9.17, 15) is 4.79 Å².